The van der Waals surface area contributed by atoms with Crippen molar-refractivity contribution in [2.24, 2.45) is 0 Å². The highest BCUT2D eigenvalue weighted by atomic mass is 16.2. The first-order valence-electron chi connectivity index (χ1n) is 10.6. The Morgan fingerprint density at radius 3 is 2.74 bits per heavy atom. The summed E-state index contributed by atoms with van der Waals surface area (Å²) >= 11 is 0. The molecule has 2 saturated heterocycles. The second-order valence-corrected chi connectivity index (χ2v) is 8.19. The molecule has 2 fully saturated rings. The number of amides is 1. The molecule has 1 N–H and O–H groups in total. The summed E-state index contributed by atoms with van der Waals surface area (Å²) in [6, 6.07) is 12.2. The molecule has 31 heavy (non-hydrogen) atoms. The SMILES string of the molecule is CC(NCC(=O)N1CC2CCC(C1)N2c1ccc(C#N)cn1)c1cccc2ncnn12. The van der Waals surface area contributed by atoms with Gasteiger partial charge in [-0.05, 0) is 44.0 Å². The standard InChI is InChI=1S/C22H24N8O/c1-15(19-3-2-4-21-26-14-27-30(19)21)24-11-22(31)28-12-17-6-7-18(13-28)29(17)20-8-5-16(9-23)10-25-20/h2-5,8,10,14-15,17-18,24H,6-7,11-13H2,1H3. The highest BCUT2D eigenvalue weighted by Crippen LogP contribution is 2.33. The van der Waals surface area contributed by atoms with Gasteiger partial charge in [0.15, 0.2) is 5.65 Å². The van der Waals surface area contributed by atoms with Gasteiger partial charge in [0.1, 0.15) is 18.2 Å². The van der Waals surface area contributed by atoms with Gasteiger partial charge in [0.25, 0.3) is 0 Å². The number of fused-ring (bicyclic) bond motifs is 3. The van der Waals surface area contributed by atoms with Gasteiger partial charge in [-0.15, -0.1) is 0 Å². The Hall–Kier alpha value is -3.51. The van der Waals surface area contributed by atoms with Gasteiger partial charge in [0.2, 0.25) is 5.91 Å². The number of piperazine rings is 1. The molecule has 3 unspecified atom stereocenters. The van der Waals surface area contributed by atoms with Crippen LogP contribution in [0.3, 0.4) is 0 Å². The van der Waals surface area contributed by atoms with Crippen molar-refractivity contribution in [2.75, 3.05) is 24.5 Å². The Morgan fingerprint density at radius 1 is 1.23 bits per heavy atom. The molecule has 9 heteroatoms. The predicted octanol–water partition coefficient (Wildman–Crippen LogP) is 1.53. The zero-order chi connectivity index (χ0) is 21.4. The number of aromatic nitrogens is 4. The summed E-state index contributed by atoms with van der Waals surface area (Å²) < 4.78 is 1.80. The van der Waals surface area contributed by atoms with E-state index in [9.17, 15) is 4.79 Å². The second-order valence-electron chi connectivity index (χ2n) is 8.19. The van der Waals surface area contributed by atoms with Gasteiger partial charge in [-0.2, -0.15) is 10.4 Å². The summed E-state index contributed by atoms with van der Waals surface area (Å²) in [5, 5.41) is 16.6. The number of carbonyl (C=O) groups is 1. The average molecular weight is 416 g/mol. The maximum absolute atomic E-state index is 13.0. The fourth-order valence-electron chi connectivity index (χ4n) is 4.74. The molecule has 9 nitrogen and oxygen atoms in total. The van der Waals surface area contributed by atoms with E-state index in [2.05, 4.69) is 31.4 Å². The topological polar surface area (TPSA) is 102 Å². The Kier molecular flexibility index (Phi) is 5.00. The molecule has 0 aliphatic carbocycles. The summed E-state index contributed by atoms with van der Waals surface area (Å²) in [5.41, 5.74) is 2.33. The fraction of sp³-hybridized carbons (Fsp3) is 0.409. The van der Waals surface area contributed by atoms with Crippen LogP contribution in [0.5, 0.6) is 0 Å². The summed E-state index contributed by atoms with van der Waals surface area (Å²) in [6.45, 7) is 3.71. The highest BCUT2D eigenvalue weighted by molar-refractivity contribution is 5.79. The van der Waals surface area contributed by atoms with Crippen LogP contribution >= 0.6 is 0 Å². The molecule has 2 bridgehead atoms. The molecule has 3 aromatic rings. The lowest BCUT2D eigenvalue weighted by atomic mass is 10.1. The normalized spacial score (nSPS) is 21.3. The second kappa shape index (κ2) is 7.96. The van der Waals surface area contributed by atoms with E-state index < -0.39 is 0 Å². The van der Waals surface area contributed by atoms with Crippen molar-refractivity contribution < 1.29 is 4.79 Å². The van der Waals surface area contributed by atoms with E-state index in [1.807, 2.05) is 36.1 Å². The molecule has 0 spiro atoms. The van der Waals surface area contributed by atoms with Crippen molar-refractivity contribution in [3.63, 3.8) is 0 Å². The number of carbonyl (C=O) groups excluding carboxylic acids is 1. The van der Waals surface area contributed by atoms with Crippen molar-refractivity contribution >= 4 is 17.4 Å². The molecule has 1 amide bonds. The van der Waals surface area contributed by atoms with Crippen molar-refractivity contribution in [3.05, 3.63) is 54.1 Å². The Labute approximate surface area is 180 Å². The van der Waals surface area contributed by atoms with Crippen LogP contribution in [-0.2, 0) is 4.79 Å². The number of hydrogen-bond donors (Lipinski definition) is 1. The van der Waals surface area contributed by atoms with E-state index in [4.69, 9.17) is 5.26 Å². The third-order valence-electron chi connectivity index (χ3n) is 6.31. The quantitative estimate of drug-likeness (QED) is 0.673. The van der Waals surface area contributed by atoms with E-state index >= 15 is 0 Å². The first-order chi connectivity index (χ1) is 15.1. The molecule has 2 aliphatic heterocycles. The fourth-order valence-corrected chi connectivity index (χ4v) is 4.74. The minimum absolute atomic E-state index is 0.0322. The van der Waals surface area contributed by atoms with Crippen molar-refractivity contribution in [1.29, 1.82) is 5.26 Å². The molecule has 5 rings (SSSR count). The summed E-state index contributed by atoms with van der Waals surface area (Å²) in [5.74, 6) is 1.01. The van der Waals surface area contributed by atoms with Gasteiger partial charge in [-0.1, -0.05) is 6.07 Å². The van der Waals surface area contributed by atoms with Crippen molar-refractivity contribution in [3.8, 4) is 6.07 Å². The molecule has 158 valence electrons. The van der Waals surface area contributed by atoms with Crippen molar-refractivity contribution in [2.45, 2.75) is 37.9 Å². The summed E-state index contributed by atoms with van der Waals surface area (Å²) in [7, 11) is 0. The molecular weight excluding hydrogens is 392 g/mol. The van der Waals surface area contributed by atoms with Crippen molar-refractivity contribution in [1.82, 2.24) is 29.8 Å². The van der Waals surface area contributed by atoms with Crippen LogP contribution in [0, 0.1) is 11.3 Å². The smallest absolute Gasteiger partial charge is 0.236 e. The number of likely N-dealkylation sites (tertiary alicyclic amines) is 1. The van der Waals surface area contributed by atoms with Gasteiger partial charge >= 0.3 is 0 Å². The average Bonchev–Trinajstić information content (AvgIpc) is 3.38. The Balaban J connectivity index is 1.22. The lowest BCUT2D eigenvalue weighted by molar-refractivity contribution is -0.131. The number of rotatable bonds is 5. The summed E-state index contributed by atoms with van der Waals surface area (Å²) in [6.07, 6.45) is 5.25. The van der Waals surface area contributed by atoms with Gasteiger partial charge in [0, 0.05) is 37.4 Å². The lowest BCUT2D eigenvalue weighted by Gasteiger charge is -2.42. The minimum atomic E-state index is -0.0322. The number of nitrogens with zero attached hydrogens (tertiary/aromatic N) is 7. The largest absolute Gasteiger partial charge is 0.347 e. The van der Waals surface area contributed by atoms with Crippen LogP contribution in [0.25, 0.3) is 5.65 Å². The number of anilines is 1. The first kappa shape index (κ1) is 19.5. The molecule has 0 radical (unpaired) electrons. The highest BCUT2D eigenvalue weighted by Gasteiger charge is 2.41. The maximum Gasteiger partial charge on any atom is 0.236 e. The molecule has 5 heterocycles. The van der Waals surface area contributed by atoms with Crippen LogP contribution < -0.4 is 10.2 Å². The Bertz CT molecular complexity index is 1120. The summed E-state index contributed by atoms with van der Waals surface area (Å²) in [4.78, 5) is 25.9. The number of hydrogen-bond acceptors (Lipinski definition) is 7. The molecular formula is C22H24N8O. The predicted molar refractivity (Wildman–Crippen MR) is 114 cm³/mol. The lowest BCUT2D eigenvalue weighted by Crippen LogP contribution is -2.57. The third kappa shape index (κ3) is 3.59. The third-order valence-corrected chi connectivity index (χ3v) is 6.31. The van der Waals surface area contributed by atoms with Gasteiger partial charge < -0.3 is 15.1 Å². The first-order valence-corrected chi connectivity index (χ1v) is 10.6. The molecule has 0 saturated carbocycles. The van der Waals surface area contributed by atoms with E-state index in [0.29, 0.717) is 18.7 Å². The number of pyridine rings is 2. The van der Waals surface area contributed by atoms with Gasteiger partial charge in [0.05, 0.1) is 17.8 Å². The van der Waals surface area contributed by atoms with Crippen LogP contribution in [0.1, 0.15) is 37.1 Å². The zero-order valence-corrected chi connectivity index (χ0v) is 17.3. The minimum Gasteiger partial charge on any atom is -0.347 e. The van der Waals surface area contributed by atoms with E-state index in [-0.39, 0.29) is 30.6 Å². The molecule has 0 aromatic carbocycles. The van der Waals surface area contributed by atoms with Crippen LogP contribution in [0.4, 0.5) is 5.82 Å². The molecule has 3 aromatic heterocycles. The van der Waals surface area contributed by atoms with Crippen LogP contribution in [-0.4, -0.2) is 62.1 Å². The number of nitrogens with one attached hydrogen (secondary N) is 1. The van der Waals surface area contributed by atoms with Gasteiger partial charge in [-0.3, -0.25) is 4.79 Å². The maximum atomic E-state index is 13.0. The van der Waals surface area contributed by atoms with Gasteiger partial charge in [-0.25, -0.2) is 14.5 Å². The zero-order valence-electron chi connectivity index (χ0n) is 17.3. The van der Waals surface area contributed by atoms with E-state index in [1.165, 1.54) is 6.33 Å². The molecule has 3 atom stereocenters. The van der Waals surface area contributed by atoms with Crippen LogP contribution in [0.15, 0.2) is 42.9 Å². The Morgan fingerprint density at radius 2 is 2.03 bits per heavy atom. The molecule has 2 aliphatic rings. The monoisotopic (exact) mass is 416 g/mol. The van der Waals surface area contributed by atoms with E-state index in [1.54, 1.807) is 16.8 Å². The van der Waals surface area contributed by atoms with Crippen LogP contribution in [0.2, 0.25) is 0 Å². The number of nitriles is 1. The van der Waals surface area contributed by atoms with E-state index in [0.717, 1.165) is 30.0 Å².